The number of hydrogen-bond acceptors (Lipinski definition) is 6. The fourth-order valence-electron chi connectivity index (χ4n) is 5.95. The van der Waals surface area contributed by atoms with Crippen molar-refractivity contribution in [2.45, 2.75) is 25.2 Å². The van der Waals surface area contributed by atoms with E-state index in [1.165, 1.54) is 0 Å². The molecule has 3 saturated heterocycles. The van der Waals surface area contributed by atoms with Crippen LogP contribution in [-0.4, -0.2) is 74.7 Å². The van der Waals surface area contributed by atoms with E-state index in [1.54, 1.807) is 6.26 Å². The molecule has 3 aliphatic rings. The molecule has 1 spiro atoms. The Hall–Kier alpha value is -2.68. The van der Waals surface area contributed by atoms with Gasteiger partial charge in [-0.05, 0) is 31.2 Å². The summed E-state index contributed by atoms with van der Waals surface area (Å²) in [5, 5.41) is 10.2. The molecule has 3 aromatic rings. The summed E-state index contributed by atoms with van der Waals surface area (Å²) in [6.45, 7) is 5.27. The van der Waals surface area contributed by atoms with Crippen molar-refractivity contribution in [1.29, 1.82) is 0 Å². The van der Waals surface area contributed by atoms with Gasteiger partial charge in [0, 0.05) is 44.3 Å². The Morgan fingerprint density at radius 3 is 2.97 bits per heavy atom. The van der Waals surface area contributed by atoms with E-state index in [2.05, 4.69) is 9.88 Å². The summed E-state index contributed by atoms with van der Waals surface area (Å²) in [4.78, 5) is 22.4. The number of ether oxygens (including phenoxy) is 1. The number of aryl methyl sites for hydroxylation is 1. The van der Waals surface area contributed by atoms with Crippen molar-refractivity contribution in [3.05, 3.63) is 59.9 Å². The minimum Gasteiger partial charge on any atom is -0.468 e. The number of carbonyl (C=O) groups is 1. The third kappa shape index (κ3) is 2.86. The topological polar surface area (TPSA) is 83.5 Å². The van der Waals surface area contributed by atoms with Crippen molar-refractivity contribution in [3.63, 3.8) is 0 Å². The summed E-state index contributed by atoms with van der Waals surface area (Å²) in [6, 6.07) is 9.62. The van der Waals surface area contributed by atoms with Gasteiger partial charge in [0.25, 0.3) is 5.91 Å². The number of rotatable bonds is 4. The second-order valence-corrected chi connectivity index (χ2v) is 9.08. The van der Waals surface area contributed by atoms with Crippen LogP contribution < -0.4 is 0 Å². The maximum Gasteiger partial charge on any atom is 0.272 e. The lowest BCUT2D eigenvalue weighted by atomic mass is 9.83. The molecule has 162 valence electrons. The van der Waals surface area contributed by atoms with E-state index < -0.39 is 5.60 Å². The molecule has 0 saturated carbocycles. The highest BCUT2D eigenvalue weighted by molar-refractivity contribution is 5.95. The van der Waals surface area contributed by atoms with E-state index in [4.69, 9.17) is 9.15 Å². The number of amides is 1. The van der Waals surface area contributed by atoms with E-state index in [9.17, 15) is 9.90 Å². The lowest BCUT2D eigenvalue weighted by molar-refractivity contribution is -0.119. The first-order valence-corrected chi connectivity index (χ1v) is 10.8. The van der Waals surface area contributed by atoms with E-state index in [1.807, 2.05) is 52.8 Å². The van der Waals surface area contributed by atoms with Gasteiger partial charge in [0.15, 0.2) is 0 Å². The number of aliphatic hydroxyl groups is 1. The van der Waals surface area contributed by atoms with Crippen LogP contribution >= 0.6 is 0 Å². The quantitative estimate of drug-likeness (QED) is 0.687. The Labute approximate surface area is 180 Å². The molecular formula is C23H26N4O4. The van der Waals surface area contributed by atoms with Crippen LogP contribution in [0.2, 0.25) is 0 Å². The van der Waals surface area contributed by atoms with Gasteiger partial charge in [-0.3, -0.25) is 14.1 Å². The molecule has 8 heteroatoms. The monoisotopic (exact) mass is 422 g/mol. The Morgan fingerprint density at radius 2 is 2.16 bits per heavy atom. The fourth-order valence-corrected chi connectivity index (χ4v) is 5.95. The van der Waals surface area contributed by atoms with Crippen LogP contribution in [-0.2, 0) is 11.3 Å². The highest BCUT2D eigenvalue weighted by atomic mass is 16.5. The highest BCUT2D eigenvalue weighted by Gasteiger charge is 2.63. The summed E-state index contributed by atoms with van der Waals surface area (Å²) in [5.74, 6) is 1.04. The van der Waals surface area contributed by atoms with Gasteiger partial charge < -0.3 is 19.2 Å². The van der Waals surface area contributed by atoms with Crippen LogP contribution in [0.5, 0.6) is 0 Å². The van der Waals surface area contributed by atoms with Crippen LogP contribution in [0.1, 0.15) is 21.9 Å². The number of furan rings is 1. The molecule has 31 heavy (non-hydrogen) atoms. The zero-order chi connectivity index (χ0) is 21.2. The molecule has 4 atom stereocenters. The SMILES string of the molecule is Cc1nc2ccccn2c1C(=O)N1C[C@@H]2[C@H](CO)[C@H]3CN(Cc4ccco4)C[C@]2(C1)O3. The number of imidazole rings is 1. The summed E-state index contributed by atoms with van der Waals surface area (Å²) < 4.78 is 13.9. The van der Waals surface area contributed by atoms with E-state index in [-0.39, 0.29) is 30.5 Å². The van der Waals surface area contributed by atoms with Gasteiger partial charge in [0.1, 0.15) is 22.7 Å². The first kappa shape index (κ1) is 19.0. The van der Waals surface area contributed by atoms with Crippen molar-refractivity contribution in [1.82, 2.24) is 19.2 Å². The summed E-state index contributed by atoms with van der Waals surface area (Å²) in [5.41, 5.74) is 1.65. The smallest absolute Gasteiger partial charge is 0.272 e. The van der Waals surface area contributed by atoms with Crippen molar-refractivity contribution < 1.29 is 19.1 Å². The highest BCUT2D eigenvalue weighted by Crippen LogP contribution is 2.49. The van der Waals surface area contributed by atoms with Crippen LogP contribution in [0.25, 0.3) is 5.65 Å². The number of pyridine rings is 1. The van der Waals surface area contributed by atoms with Gasteiger partial charge in [-0.25, -0.2) is 4.98 Å². The molecule has 2 bridgehead atoms. The third-order valence-corrected chi connectivity index (χ3v) is 7.23. The molecule has 6 heterocycles. The van der Waals surface area contributed by atoms with Crippen LogP contribution in [0.4, 0.5) is 0 Å². The van der Waals surface area contributed by atoms with Crippen molar-refractivity contribution in [2.75, 3.05) is 32.8 Å². The van der Waals surface area contributed by atoms with E-state index >= 15 is 0 Å². The average Bonchev–Trinajstić information content (AvgIpc) is 3.49. The number of carbonyl (C=O) groups excluding carboxylic acids is 1. The molecule has 0 aromatic carbocycles. The van der Waals surface area contributed by atoms with Gasteiger partial charge in [0.05, 0.1) is 31.2 Å². The van der Waals surface area contributed by atoms with Crippen molar-refractivity contribution in [2.24, 2.45) is 11.8 Å². The second kappa shape index (κ2) is 6.91. The number of aliphatic hydroxyl groups excluding tert-OH is 1. The summed E-state index contributed by atoms with van der Waals surface area (Å²) in [6.07, 6.45) is 3.55. The molecule has 3 aliphatic heterocycles. The largest absolute Gasteiger partial charge is 0.468 e. The maximum atomic E-state index is 13.6. The second-order valence-electron chi connectivity index (χ2n) is 9.08. The van der Waals surface area contributed by atoms with Crippen LogP contribution in [0, 0.1) is 18.8 Å². The van der Waals surface area contributed by atoms with Gasteiger partial charge in [-0.1, -0.05) is 6.07 Å². The first-order valence-electron chi connectivity index (χ1n) is 10.8. The van der Waals surface area contributed by atoms with Crippen molar-refractivity contribution >= 4 is 11.6 Å². The lowest BCUT2D eigenvalue weighted by Crippen LogP contribution is -2.54. The van der Waals surface area contributed by atoms with Crippen LogP contribution in [0.3, 0.4) is 0 Å². The third-order valence-electron chi connectivity index (χ3n) is 7.23. The van der Waals surface area contributed by atoms with Gasteiger partial charge >= 0.3 is 0 Å². The van der Waals surface area contributed by atoms with Crippen LogP contribution in [0.15, 0.2) is 47.2 Å². The summed E-state index contributed by atoms with van der Waals surface area (Å²) in [7, 11) is 0. The molecule has 6 rings (SSSR count). The van der Waals surface area contributed by atoms with Gasteiger partial charge in [0.2, 0.25) is 0 Å². The molecule has 3 fully saturated rings. The molecule has 1 N–H and O–H groups in total. The number of morpholine rings is 1. The Kier molecular flexibility index (Phi) is 4.25. The minimum atomic E-state index is -0.451. The molecule has 8 nitrogen and oxygen atoms in total. The maximum absolute atomic E-state index is 13.6. The molecule has 0 unspecified atom stereocenters. The minimum absolute atomic E-state index is 0.0199. The molecular weight excluding hydrogens is 396 g/mol. The Bertz CT molecular complexity index is 1130. The molecule has 0 aliphatic carbocycles. The van der Waals surface area contributed by atoms with Gasteiger partial charge in [-0.2, -0.15) is 0 Å². The van der Waals surface area contributed by atoms with Gasteiger partial charge in [-0.15, -0.1) is 0 Å². The number of fused-ring (bicyclic) bond motifs is 2. The average molecular weight is 422 g/mol. The number of hydrogen-bond donors (Lipinski definition) is 1. The molecule has 0 radical (unpaired) electrons. The fraction of sp³-hybridized carbons (Fsp3) is 0.478. The first-order chi connectivity index (χ1) is 15.1. The Balaban J connectivity index is 1.29. The van der Waals surface area contributed by atoms with E-state index in [0.717, 1.165) is 30.2 Å². The predicted molar refractivity (Wildman–Crippen MR) is 111 cm³/mol. The number of likely N-dealkylation sites (tertiary alicyclic amines) is 2. The standard InChI is InChI=1S/C23H26N4O4/c1-15-21(27-7-3-2-6-20(27)24-15)22(29)26-10-18-17(12-28)19-11-25(9-16-5-4-8-30-16)13-23(18,14-26)31-19/h2-8,17-19,28H,9-14H2,1H3/t17-,18+,19+,23+/m0/s1. The zero-order valence-electron chi connectivity index (χ0n) is 17.5. The predicted octanol–water partition coefficient (Wildman–Crippen LogP) is 1.57. The summed E-state index contributed by atoms with van der Waals surface area (Å²) >= 11 is 0. The lowest BCUT2D eigenvalue weighted by Gasteiger charge is -2.40. The van der Waals surface area contributed by atoms with E-state index in [0.29, 0.717) is 25.3 Å². The number of nitrogens with zero attached hydrogens (tertiary/aromatic N) is 4. The number of aromatic nitrogens is 2. The normalized spacial score (nSPS) is 30.3. The van der Waals surface area contributed by atoms with Crippen molar-refractivity contribution in [3.8, 4) is 0 Å². The molecule has 1 amide bonds. The molecule has 3 aromatic heterocycles. The zero-order valence-corrected chi connectivity index (χ0v) is 17.5. The Morgan fingerprint density at radius 1 is 1.26 bits per heavy atom.